The van der Waals surface area contributed by atoms with Crippen molar-refractivity contribution in [1.82, 2.24) is 14.9 Å². The molecule has 2 aliphatic rings. The Kier molecular flexibility index (Phi) is 4.83. The van der Waals surface area contributed by atoms with Gasteiger partial charge in [0.15, 0.2) is 5.65 Å². The van der Waals surface area contributed by atoms with E-state index in [0.717, 1.165) is 5.39 Å². The molecule has 0 spiro atoms. The molecule has 2 fully saturated rings. The van der Waals surface area contributed by atoms with Gasteiger partial charge in [-0.15, -0.1) is 0 Å². The largest absolute Gasteiger partial charge is 0.488 e. The summed E-state index contributed by atoms with van der Waals surface area (Å²) >= 11 is 0. The molecule has 1 aliphatic carbocycles. The average Bonchev–Trinajstić information content (AvgIpc) is 3.17. The minimum atomic E-state index is -0.616. The van der Waals surface area contributed by atoms with Gasteiger partial charge in [-0.25, -0.2) is 14.4 Å². The SMILES string of the molecule is O=C(c1ccc2cccnc2n1)N1C[C@H]2C[C@@H](Oc3ccc(F)cc3)[C@H](O)C[C@H]2C1. The number of nitrogens with zero attached hydrogens (tertiary/aromatic N) is 3. The van der Waals surface area contributed by atoms with Crippen LogP contribution in [0.15, 0.2) is 54.7 Å². The van der Waals surface area contributed by atoms with Gasteiger partial charge in [-0.3, -0.25) is 4.79 Å². The fourth-order valence-electron chi connectivity index (χ4n) is 4.60. The molecule has 154 valence electrons. The van der Waals surface area contributed by atoms with Crippen LogP contribution in [0.2, 0.25) is 0 Å². The Hall–Kier alpha value is -3.06. The zero-order chi connectivity index (χ0) is 20.7. The second-order valence-corrected chi connectivity index (χ2v) is 8.13. The van der Waals surface area contributed by atoms with E-state index in [2.05, 4.69) is 9.97 Å². The molecule has 6 nitrogen and oxygen atoms in total. The van der Waals surface area contributed by atoms with Crippen molar-refractivity contribution in [2.75, 3.05) is 13.1 Å². The monoisotopic (exact) mass is 407 g/mol. The standard InChI is InChI=1S/C23H22FN3O3/c24-17-4-6-18(7-5-17)30-21-11-16-13-27(12-15(16)10-20(21)28)23(29)19-8-3-14-2-1-9-25-22(14)26-19/h1-9,15-16,20-21,28H,10-13H2/t15-,16+,20+,21+/m0/s1. The van der Waals surface area contributed by atoms with E-state index >= 15 is 0 Å². The molecule has 1 saturated heterocycles. The molecule has 3 aromatic rings. The van der Waals surface area contributed by atoms with Crippen molar-refractivity contribution in [2.45, 2.75) is 25.0 Å². The molecule has 0 bridgehead atoms. The van der Waals surface area contributed by atoms with Gasteiger partial charge in [-0.1, -0.05) is 0 Å². The maximum absolute atomic E-state index is 13.1. The first-order chi connectivity index (χ1) is 14.6. The van der Waals surface area contributed by atoms with Crippen LogP contribution in [0.4, 0.5) is 4.39 Å². The number of likely N-dealkylation sites (tertiary alicyclic amines) is 1. The Morgan fingerprint density at radius 3 is 2.63 bits per heavy atom. The van der Waals surface area contributed by atoms with Crippen molar-refractivity contribution in [3.8, 4) is 5.75 Å². The Bertz CT molecular complexity index is 1070. The third-order valence-corrected chi connectivity index (χ3v) is 6.16. The molecule has 1 N–H and O–H groups in total. The number of carbonyl (C=O) groups excluding carboxylic acids is 1. The molecule has 30 heavy (non-hydrogen) atoms. The summed E-state index contributed by atoms with van der Waals surface area (Å²) in [6, 6.07) is 13.2. The molecule has 5 rings (SSSR count). The maximum Gasteiger partial charge on any atom is 0.272 e. The molecule has 1 saturated carbocycles. The highest BCUT2D eigenvalue weighted by Gasteiger charge is 2.44. The van der Waals surface area contributed by atoms with Gasteiger partial charge in [-0.05, 0) is 73.2 Å². The third-order valence-electron chi connectivity index (χ3n) is 6.16. The first kappa shape index (κ1) is 18.9. The summed E-state index contributed by atoms with van der Waals surface area (Å²) in [5, 5.41) is 11.5. The van der Waals surface area contributed by atoms with Crippen LogP contribution in [0, 0.1) is 17.7 Å². The summed E-state index contributed by atoms with van der Waals surface area (Å²) in [7, 11) is 0. The predicted molar refractivity (Wildman–Crippen MR) is 108 cm³/mol. The van der Waals surface area contributed by atoms with Crippen LogP contribution >= 0.6 is 0 Å². The lowest BCUT2D eigenvalue weighted by molar-refractivity contribution is -0.0231. The Morgan fingerprint density at radius 1 is 1.07 bits per heavy atom. The summed E-state index contributed by atoms with van der Waals surface area (Å²) in [6.07, 6.45) is 1.91. The smallest absolute Gasteiger partial charge is 0.272 e. The van der Waals surface area contributed by atoms with Crippen molar-refractivity contribution in [2.24, 2.45) is 11.8 Å². The summed E-state index contributed by atoms with van der Waals surface area (Å²) in [6.45, 7) is 1.22. The van der Waals surface area contributed by atoms with E-state index in [0.29, 0.717) is 43.0 Å². The number of ether oxygens (including phenoxy) is 1. The summed E-state index contributed by atoms with van der Waals surface area (Å²) < 4.78 is 19.0. The molecular weight excluding hydrogens is 385 g/mol. The quantitative estimate of drug-likeness (QED) is 0.722. The number of aliphatic hydroxyl groups is 1. The number of hydrogen-bond donors (Lipinski definition) is 1. The molecule has 0 radical (unpaired) electrons. The van der Waals surface area contributed by atoms with Crippen molar-refractivity contribution < 1.29 is 19.0 Å². The first-order valence-electron chi connectivity index (χ1n) is 10.2. The van der Waals surface area contributed by atoms with Crippen LogP contribution in [-0.4, -0.2) is 51.2 Å². The maximum atomic E-state index is 13.1. The van der Waals surface area contributed by atoms with E-state index in [1.165, 1.54) is 12.1 Å². The van der Waals surface area contributed by atoms with Crippen LogP contribution in [0.5, 0.6) is 5.75 Å². The molecule has 1 aliphatic heterocycles. The average molecular weight is 407 g/mol. The number of rotatable bonds is 3. The lowest BCUT2D eigenvalue weighted by Gasteiger charge is -2.35. The topological polar surface area (TPSA) is 75.6 Å². The highest BCUT2D eigenvalue weighted by molar-refractivity contribution is 5.94. The summed E-state index contributed by atoms with van der Waals surface area (Å²) in [5.41, 5.74) is 0.947. The molecule has 3 heterocycles. The van der Waals surface area contributed by atoms with Crippen LogP contribution in [0.3, 0.4) is 0 Å². The predicted octanol–water partition coefficient (Wildman–Crippen LogP) is 3.06. The Morgan fingerprint density at radius 2 is 1.83 bits per heavy atom. The molecule has 1 aromatic carbocycles. The molecule has 0 unspecified atom stereocenters. The number of aromatic nitrogens is 2. The van der Waals surface area contributed by atoms with Gasteiger partial charge >= 0.3 is 0 Å². The number of amides is 1. The van der Waals surface area contributed by atoms with Crippen LogP contribution in [0.1, 0.15) is 23.3 Å². The number of hydrogen-bond acceptors (Lipinski definition) is 5. The summed E-state index contributed by atoms with van der Waals surface area (Å²) in [4.78, 5) is 23.5. The van der Waals surface area contributed by atoms with Crippen molar-refractivity contribution in [1.29, 1.82) is 0 Å². The fourth-order valence-corrected chi connectivity index (χ4v) is 4.60. The zero-order valence-corrected chi connectivity index (χ0v) is 16.3. The van der Waals surface area contributed by atoms with Gasteiger partial charge in [-0.2, -0.15) is 0 Å². The van der Waals surface area contributed by atoms with E-state index < -0.39 is 6.10 Å². The van der Waals surface area contributed by atoms with Crippen LogP contribution in [0.25, 0.3) is 11.0 Å². The zero-order valence-electron chi connectivity index (χ0n) is 16.3. The van der Waals surface area contributed by atoms with Gasteiger partial charge in [0, 0.05) is 24.7 Å². The highest BCUT2D eigenvalue weighted by Crippen LogP contribution is 2.38. The van der Waals surface area contributed by atoms with Gasteiger partial charge in [0.2, 0.25) is 0 Å². The number of aliphatic hydroxyl groups excluding tert-OH is 1. The normalized spacial score (nSPS) is 25.9. The van der Waals surface area contributed by atoms with E-state index in [1.54, 1.807) is 24.4 Å². The van der Waals surface area contributed by atoms with Crippen molar-refractivity contribution >= 4 is 16.9 Å². The molecule has 4 atom stereocenters. The molecular formula is C23H22FN3O3. The van der Waals surface area contributed by atoms with E-state index in [1.807, 2.05) is 23.1 Å². The van der Waals surface area contributed by atoms with Crippen molar-refractivity contribution in [3.05, 3.63) is 66.2 Å². The van der Waals surface area contributed by atoms with Crippen LogP contribution < -0.4 is 4.74 Å². The number of pyridine rings is 2. The number of carbonyl (C=O) groups is 1. The number of benzene rings is 1. The molecule has 2 aromatic heterocycles. The Balaban J connectivity index is 1.28. The van der Waals surface area contributed by atoms with Gasteiger partial charge < -0.3 is 14.7 Å². The van der Waals surface area contributed by atoms with Gasteiger partial charge in [0.1, 0.15) is 23.4 Å². The first-order valence-corrected chi connectivity index (χ1v) is 10.2. The van der Waals surface area contributed by atoms with Gasteiger partial charge in [0.25, 0.3) is 5.91 Å². The van der Waals surface area contributed by atoms with Crippen LogP contribution in [-0.2, 0) is 0 Å². The Labute approximate surface area is 173 Å². The second kappa shape index (κ2) is 7.65. The molecule has 1 amide bonds. The van der Waals surface area contributed by atoms with Gasteiger partial charge in [0.05, 0.1) is 6.10 Å². The molecule has 7 heteroatoms. The van der Waals surface area contributed by atoms with E-state index in [-0.39, 0.29) is 29.7 Å². The number of halogens is 1. The summed E-state index contributed by atoms with van der Waals surface area (Å²) in [5.74, 6) is 0.589. The lowest BCUT2D eigenvalue weighted by atomic mass is 9.78. The van der Waals surface area contributed by atoms with E-state index in [4.69, 9.17) is 4.74 Å². The minimum absolute atomic E-state index is 0.109. The minimum Gasteiger partial charge on any atom is -0.488 e. The second-order valence-electron chi connectivity index (χ2n) is 8.13. The highest BCUT2D eigenvalue weighted by atomic mass is 19.1. The van der Waals surface area contributed by atoms with Crippen molar-refractivity contribution in [3.63, 3.8) is 0 Å². The van der Waals surface area contributed by atoms with E-state index in [9.17, 15) is 14.3 Å². The lowest BCUT2D eigenvalue weighted by Crippen LogP contribution is -2.42. The third kappa shape index (κ3) is 3.61. The number of fused-ring (bicyclic) bond motifs is 2. The fraction of sp³-hybridized carbons (Fsp3) is 0.348.